The zero-order valence-corrected chi connectivity index (χ0v) is 12.4. The van der Waals surface area contributed by atoms with E-state index in [0.29, 0.717) is 23.9 Å². The van der Waals surface area contributed by atoms with Crippen LogP contribution in [-0.4, -0.2) is 28.7 Å². The minimum atomic E-state index is -3.39. The van der Waals surface area contributed by atoms with Gasteiger partial charge in [0.1, 0.15) is 4.21 Å². The van der Waals surface area contributed by atoms with E-state index in [1.807, 2.05) is 6.92 Å². The first-order chi connectivity index (χ1) is 8.51. The molecule has 0 amide bonds. The molecule has 0 fully saturated rings. The molecule has 1 rings (SSSR count). The van der Waals surface area contributed by atoms with Gasteiger partial charge in [0.05, 0.1) is 0 Å². The highest BCUT2D eigenvalue weighted by Gasteiger charge is 2.17. The number of ether oxygens (including phenoxy) is 1. The Bertz CT molecular complexity index is 469. The Hall–Kier alpha value is -0.470. The number of hydrogen-bond donors (Lipinski definition) is 2. The molecule has 104 valence electrons. The van der Waals surface area contributed by atoms with Crippen LogP contribution in [0.1, 0.15) is 23.3 Å². The summed E-state index contributed by atoms with van der Waals surface area (Å²) in [6.07, 6.45) is 1.61. The summed E-state index contributed by atoms with van der Waals surface area (Å²) in [7, 11) is -1.76. The molecule has 3 N–H and O–H groups in total. The van der Waals surface area contributed by atoms with Crippen molar-refractivity contribution in [3.05, 3.63) is 16.5 Å². The highest BCUT2D eigenvalue weighted by Crippen LogP contribution is 2.25. The molecule has 0 saturated heterocycles. The van der Waals surface area contributed by atoms with Crippen LogP contribution in [0.4, 0.5) is 0 Å². The molecule has 7 heteroatoms. The van der Waals surface area contributed by atoms with Gasteiger partial charge in [-0.25, -0.2) is 13.1 Å². The van der Waals surface area contributed by atoms with E-state index in [1.54, 1.807) is 13.2 Å². The molecular formula is C11H20N2O3S2. The molecule has 0 radical (unpaired) electrons. The third-order valence-electron chi connectivity index (χ3n) is 2.52. The molecule has 0 aliphatic rings. The van der Waals surface area contributed by atoms with Crippen molar-refractivity contribution in [3.63, 3.8) is 0 Å². The van der Waals surface area contributed by atoms with Gasteiger partial charge in [-0.15, -0.1) is 11.3 Å². The summed E-state index contributed by atoms with van der Waals surface area (Å²) in [5.74, 6) is 0. The van der Waals surface area contributed by atoms with Crippen LogP contribution in [0.15, 0.2) is 10.3 Å². The number of rotatable bonds is 8. The summed E-state index contributed by atoms with van der Waals surface area (Å²) >= 11 is 1.23. The van der Waals surface area contributed by atoms with Crippen molar-refractivity contribution in [2.24, 2.45) is 5.73 Å². The van der Waals surface area contributed by atoms with Gasteiger partial charge in [-0.3, -0.25) is 0 Å². The van der Waals surface area contributed by atoms with Crippen molar-refractivity contribution in [3.8, 4) is 0 Å². The van der Waals surface area contributed by atoms with Crippen LogP contribution < -0.4 is 10.5 Å². The first kappa shape index (κ1) is 15.6. The van der Waals surface area contributed by atoms with E-state index in [0.717, 1.165) is 23.3 Å². The van der Waals surface area contributed by atoms with Crippen molar-refractivity contribution in [1.29, 1.82) is 0 Å². The maximum Gasteiger partial charge on any atom is 0.250 e. The van der Waals surface area contributed by atoms with Crippen LogP contribution >= 0.6 is 11.3 Å². The van der Waals surface area contributed by atoms with Crippen molar-refractivity contribution in [2.45, 2.75) is 30.5 Å². The second-order valence-electron chi connectivity index (χ2n) is 3.97. The number of unbranched alkanes of at least 4 members (excludes halogenated alkanes) is 1. The van der Waals surface area contributed by atoms with Gasteiger partial charge in [-0.1, -0.05) is 0 Å². The van der Waals surface area contributed by atoms with E-state index in [4.69, 9.17) is 10.5 Å². The van der Waals surface area contributed by atoms with E-state index in [1.165, 1.54) is 11.3 Å². The van der Waals surface area contributed by atoms with Crippen LogP contribution in [0.3, 0.4) is 0 Å². The summed E-state index contributed by atoms with van der Waals surface area (Å²) < 4.78 is 31.8. The Balaban J connectivity index is 2.57. The molecule has 1 aromatic heterocycles. The number of sulfonamides is 1. The molecule has 1 heterocycles. The van der Waals surface area contributed by atoms with Crippen LogP contribution in [0.5, 0.6) is 0 Å². The largest absolute Gasteiger partial charge is 0.385 e. The fourth-order valence-electron chi connectivity index (χ4n) is 1.47. The molecule has 0 atom stereocenters. The van der Waals surface area contributed by atoms with E-state index in [2.05, 4.69) is 4.72 Å². The highest BCUT2D eigenvalue weighted by molar-refractivity contribution is 7.91. The van der Waals surface area contributed by atoms with Gasteiger partial charge in [-0.2, -0.15) is 0 Å². The monoisotopic (exact) mass is 292 g/mol. The smallest absolute Gasteiger partial charge is 0.250 e. The molecule has 0 unspecified atom stereocenters. The lowest BCUT2D eigenvalue weighted by atomic mass is 10.3. The quantitative estimate of drug-likeness (QED) is 0.706. The van der Waals surface area contributed by atoms with E-state index in [9.17, 15) is 8.42 Å². The SMILES string of the molecule is COCCCCNS(=O)(=O)c1cc(C)c(CN)s1. The summed E-state index contributed by atoms with van der Waals surface area (Å²) in [6, 6.07) is 1.67. The van der Waals surface area contributed by atoms with Gasteiger partial charge in [0, 0.05) is 31.7 Å². The normalized spacial score (nSPS) is 11.9. The third kappa shape index (κ3) is 4.33. The first-order valence-corrected chi connectivity index (χ1v) is 8.09. The number of hydrogen-bond acceptors (Lipinski definition) is 5. The van der Waals surface area contributed by atoms with Crippen molar-refractivity contribution in [1.82, 2.24) is 4.72 Å². The molecule has 18 heavy (non-hydrogen) atoms. The maximum atomic E-state index is 12.0. The molecule has 1 aromatic rings. The lowest BCUT2D eigenvalue weighted by molar-refractivity contribution is 0.193. The second-order valence-corrected chi connectivity index (χ2v) is 7.10. The summed E-state index contributed by atoms with van der Waals surface area (Å²) in [5, 5.41) is 0. The first-order valence-electron chi connectivity index (χ1n) is 5.79. The molecule has 0 spiro atoms. The average Bonchev–Trinajstić information content (AvgIpc) is 2.71. The lowest BCUT2D eigenvalue weighted by Gasteiger charge is -2.04. The van der Waals surface area contributed by atoms with Crippen molar-refractivity contribution < 1.29 is 13.2 Å². The molecular weight excluding hydrogens is 272 g/mol. The number of thiophene rings is 1. The standard InChI is InChI=1S/C11H20N2O3S2/c1-9-7-11(17-10(9)8-12)18(14,15)13-5-3-4-6-16-2/h7,13H,3-6,8,12H2,1-2H3. The predicted octanol–water partition coefficient (Wildman–Crippen LogP) is 1.22. The number of methoxy groups -OCH3 is 1. The topological polar surface area (TPSA) is 81.4 Å². The van der Waals surface area contributed by atoms with Crippen molar-refractivity contribution >= 4 is 21.4 Å². The molecule has 0 saturated carbocycles. The zero-order valence-electron chi connectivity index (χ0n) is 10.7. The number of nitrogens with one attached hydrogen (secondary N) is 1. The average molecular weight is 292 g/mol. The number of nitrogens with two attached hydrogens (primary N) is 1. The van der Waals surface area contributed by atoms with Crippen LogP contribution in [-0.2, 0) is 21.3 Å². The van der Waals surface area contributed by atoms with Crippen LogP contribution in [0.25, 0.3) is 0 Å². The zero-order chi connectivity index (χ0) is 13.6. The maximum absolute atomic E-state index is 12.0. The van der Waals surface area contributed by atoms with Gasteiger partial charge in [0.15, 0.2) is 0 Å². The van der Waals surface area contributed by atoms with E-state index < -0.39 is 10.0 Å². The summed E-state index contributed by atoms with van der Waals surface area (Å²) in [5.41, 5.74) is 6.48. The minimum Gasteiger partial charge on any atom is -0.385 e. The van der Waals surface area contributed by atoms with Gasteiger partial charge in [0.25, 0.3) is 0 Å². The minimum absolute atomic E-state index is 0.340. The Morgan fingerprint density at radius 1 is 1.44 bits per heavy atom. The molecule has 0 bridgehead atoms. The number of aryl methyl sites for hydroxylation is 1. The second kappa shape index (κ2) is 7.20. The van der Waals surface area contributed by atoms with Gasteiger partial charge in [0.2, 0.25) is 10.0 Å². The van der Waals surface area contributed by atoms with Gasteiger partial charge < -0.3 is 10.5 Å². The Labute approximate surface area is 112 Å². The van der Waals surface area contributed by atoms with E-state index >= 15 is 0 Å². The Morgan fingerprint density at radius 3 is 2.72 bits per heavy atom. The molecule has 0 aliphatic heterocycles. The summed E-state index contributed by atoms with van der Waals surface area (Å²) in [4.78, 5) is 0.912. The third-order valence-corrected chi connectivity index (χ3v) is 5.71. The van der Waals surface area contributed by atoms with Crippen LogP contribution in [0, 0.1) is 6.92 Å². The van der Waals surface area contributed by atoms with E-state index in [-0.39, 0.29) is 0 Å². The fourth-order valence-corrected chi connectivity index (χ4v) is 4.06. The van der Waals surface area contributed by atoms with Crippen molar-refractivity contribution in [2.75, 3.05) is 20.3 Å². The fraction of sp³-hybridized carbons (Fsp3) is 0.636. The van der Waals surface area contributed by atoms with Crippen LogP contribution in [0.2, 0.25) is 0 Å². The lowest BCUT2D eigenvalue weighted by Crippen LogP contribution is -2.24. The summed E-state index contributed by atoms with van der Waals surface area (Å²) in [6.45, 7) is 3.33. The highest BCUT2D eigenvalue weighted by atomic mass is 32.2. The predicted molar refractivity (Wildman–Crippen MR) is 73.2 cm³/mol. The molecule has 5 nitrogen and oxygen atoms in total. The van der Waals surface area contributed by atoms with Gasteiger partial charge >= 0.3 is 0 Å². The molecule has 0 aromatic carbocycles. The van der Waals surface area contributed by atoms with Gasteiger partial charge in [-0.05, 0) is 31.4 Å². The Kier molecular flexibility index (Phi) is 6.24. The Morgan fingerprint density at radius 2 is 2.17 bits per heavy atom. The molecule has 0 aliphatic carbocycles.